The summed E-state index contributed by atoms with van der Waals surface area (Å²) in [7, 11) is 1.61. The van der Waals surface area contributed by atoms with E-state index in [1.54, 1.807) is 36.1 Å². The predicted octanol–water partition coefficient (Wildman–Crippen LogP) is 3.99. The van der Waals surface area contributed by atoms with Gasteiger partial charge in [-0.15, -0.1) is 0 Å². The molecule has 0 bridgehead atoms. The summed E-state index contributed by atoms with van der Waals surface area (Å²) in [5.41, 5.74) is 3.54. The molecule has 5 rings (SSSR count). The van der Waals surface area contributed by atoms with Gasteiger partial charge in [0.1, 0.15) is 11.4 Å². The molecule has 0 spiro atoms. The number of anilines is 2. The smallest absolute Gasteiger partial charge is 0.326 e. The Morgan fingerprint density at radius 1 is 1.08 bits per heavy atom. The molecule has 0 atom stereocenters. The first-order valence-electron chi connectivity index (χ1n) is 11.9. The van der Waals surface area contributed by atoms with Crippen molar-refractivity contribution in [1.29, 1.82) is 0 Å². The summed E-state index contributed by atoms with van der Waals surface area (Å²) in [6, 6.07) is 12.6. The van der Waals surface area contributed by atoms with Crippen molar-refractivity contribution in [3.63, 3.8) is 0 Å². The summed E-state index contributed by atoms with van der Waals surface area (Å²) in [6.45, 7) is 1.95. The van der Waals surface area contributed by atoms with Crippen LogP contribution in [0.2, 0.25) is 0 Å². The number of methoxy groups -OCH3 is 1. The summed E-state index contributed by atoms with van der Waals surface area (Å²) in [4.78, 5) is 41.2. The number of imidazole rings is 1. The van der Waals surface area contributed by atoms with E-state index >= 15 is 0 Å². The Balaban J connectivity index is 1.28. The van der Waals surface area contributed by atoms with Crippen molar-refractivity contribution in [2.45, 2.75) is 38.6 Å². The molecule has 186 valence electrons. The maximum absolute atomic E-state index is 12.9. The number of H-pyrrole nitrogens is 2. The highest BCUT2D eigenvalue weighted by molar-refractivity contribution is 6.07. The van der Waals surface area contributed by atoms with E-state index in [1.165, 1.54) is 0 Å². The summed E-state index contributed by atoms with van der Waals surface area (Å²) in [5, 5.41) is 12.3. The fourth-order valence-electron chi connectivity index (χ4n) is 4.93. The molecule has 1 aliphatic carbocycles. The topological polar surface area (TPSA) is 134 Å². The fraction of sp³-hybridized carbons (Fsp3) is 0.308. The Morgan fingerprint density at radius 2 is 1.89 bits per heavy atom. The second kappa shape index (κ2) is 9.73. The van der Waals surface area contributed by atoms with Crippen LogP contribution in [0.15, 0.2) is 53.5 Å². The van der Waals surface area contributed by atoms with E-state index < -0.39 is 0 Å². The third-order valence-electron chi connectivity index (χ3n) is 6.84. The average molecular weight is 489 g/mol. The quantitative estimate of drug-likeness (QED) is 0.326. The summed E-state index contributed by atoms with van der Waals surface area (Å²) in [6.07, 6.45) is 4.32. The second-order valence-corrected chi connectivity index (χ2v) is 9.09. The molecule has 2 amide bonds. The average Bonchev–Trinajstić information content (AvgIpc) is 3.54. The molecule has 0 radical (unpaired) electrons. The van der Waals surface area contributed by atoms with Crippen LogP contribution in [0.4, 0.5) is 11.4 Å². The van der Waals surface area contributed by atoms with Gasteiger partial charge in [-0.1, -0.05) is 12.1 Å². The molecule has 10 heteroatoms. The Morgan fingerprint density at radius 3 is 2.61 bits per heavy atom. The van der Waals surface area contributed by atoms with Crippen molar-refractivity contribution < 1.29 is 14.3 Å². The number of aromatic amines is 2. The highest BCUT2D eigenvalue weighted by atomic mass is 16.5. The number of benzene rings is 2. The molecule has 36 heavy (non-hydrogen) atoms. The summed E-state index contributed by atoms with van der Waals surface area (Å²) in [5.74, 6) is 0.220. The van der Waals surface area contributed by atoms with Crippen LogP contribution in [-0.4, -0.2) is 38.7 Å². The van der Waals surface area contributed by atoms with Crippen molar-refractivity contribution in [3.8, 4) is 5.75 Å². The molecule has 1 fully saturated rings. The van der Waals surface area contributed by atoms with Gasteiger partial charge in [-0.2, -0.15) is 5.10 Å². The number of carbonyl (C=O) groups is 2. The molecule has 2 aromatic carbocycles. The lowest BCUT2D eigenvalue weighted by Gasteiger charge is -2.28. The molecule has 2 heterocycles. The van der Waals surface area contributed by atoms with Crippen molar-refractivity contribution in [3.05, 3.63) is 70.4 Å². The van der Waals surface area contributed by atoms with Gasteiger partial charge in [0, 0.05) is 29.9 Å². The van der Waals surface area contributed by atoms with E-state index in [-0.39, 0.29) is 35.2 Å². The number of hydrogen-bond acceptors (Lipinski definition) is 5. The molecule has 10 nitrogen and oxygen atoms in total. The molecule has 2 aromatic heterocycles. The molecular weight excluding hydrogens is 460 g/mol. The van der Waals surface area contributed by atoms with Crippen LogP contribution in [0.1, 0.15) is 47.8 Å². The monoisotopic (exact) mass is 488 g/mol. The highest BCUT2D eigenvalue weighted by Crippen LogP contribution is 2.35. The Bertz CT molecular complexity index is 1460. The number of hydrogen-bond donors (Lipinski definition) is 4. The zero-order valence-electron chi connectivity index (χ0n) is 20.1. The SMILES string of the molecule is COc1cc(NC(=O)[C@H]2CC[C@@H](n3c(=O)[nH]c4c(NC(=O)c5cc[nH]n5)cccc43)CC2)ccc1C. The number of amides is 2. The van der Waals surface area contributed by atoms with Gasteiger partial charge >= 0.3 is 5.69 Å². The van der Waals surface area contributed by atoms with Gasteiger partial charge in [-0.3, -0.25) is 19.3 Å². The molecular formula is C26H28N6O4. The van der Waals surface area contributed by atoms with E-state index in [9.17, 15) is 14.4 Å². The van der Waals surface area contributed by atoms with Crippen molar-refractivity contribution in [2.24, 2.45) is 5.92 Å². The molecule has 4 aromatic rings. The van der Waals surface area contributed by atoms with Crippen LogP contribution in [0.5, 0.6) is 5.75 Å². The first-order chi connectivity index (χ1) is 17.4. The van der Waals surface area contributed by atoms with Gasteiger partial charge in [0.05, 0.1) is 23.8 Å². The van der Waals surface area contributed by atoms with Crippen LogP contribution >= 0.6 is 0 Å². The largest absolute Gasteiger partial charge is 0.496 e. The summed E-state index contributed by atoms with van der Waals surface area (Å²) >= 11 is 0. The zero-order valence-corrected chi connectivity index (χ0v) is 20.1. The number of nitrogens with zero attached hydrogens (tertiary/aromatic N) is 2. The number of fused-ring (bicyclic) bond motifs is 1. The van der Waals surface area contributed by atoms with Gasteiger partial charge in [-0.05, 0) is 62.4 Å². The van der Waals surface area contributed by atoms with Crippen LogP contribution in [0.3, 0.4) is 0 Å². The van der Waals surface area contributed by atoms with E-state index in [1.807, 2.05) is 31.2 Å². The number of para-hydroxylation sites is 1. The van der Waals surface area contributed by atoms with Gasteiger partial charge in [-0.25, -0.2) is 4.79 Å². The van der Waals surface area contributed by atoms with Gasteiger partial charge in [0.25, 0.3) is 5.91 Å². The van der Waals surface area contributed by atoms with Gasteiger partial charge < -0.3 is 20.4 Å². The second-order valence-electron chi connectivity index (χ2n) is 9.09. The van der Waals surface area contributed by atoms with E-state index in [2.05, 4.69) is 25.8 Å². The fourth-order valence-corrected chi connectivity index (χ4v) is 4.93. The standard InChI is InChI=1S/C26H28N6O4/c1-15-6-9-17(14-22(15)36-2)28-24(33)16-7-10-18(11-8-16)32-21-5-3-4-19(23(21)30-26(32)35)29-25(34)20-12-13-27-31-20/h3-6,9,12-14,16,18H,7-8,10-11H2,1-2H3,(H,27,31)(H,28,33)(H,29,34)(H,30,35)/t16-,18+. The van der Waals surface area contributed by atoms with Crippen LogP contribution in [-0.2, 0) is 4.79 Å². The maximum atomic E-state index is 12.9. The molecule has 4 N–H and O–H groups in total. The number of carbonyl (C=O) groups excluding carboxylic acids is 2. The summed E-state index contributed by atoms with van der Waals surface area (Å²) < 4.78 is 7.10. The van der Waals surface area contributed by atoms with Crippen molar-refractivity contribution in [2.75, 3.05) is 17.7 Å². The molecule has 0 aliphatic heterocycles. The lowest BCUT2D eigenvalue weighted by atomic mass is 9.85. The zero-order chi connectivity index (χ0) is 25.2. The van der Waals surface area contributed by atoms with E-state index in [0.717, 1.165) is 16.8 Å². The third kappa shape index (κ3) is 4.49. The van der Waals surface area contributed by atoms with Crippen molar-refractivity contribution in [1.82, 2.24) is 19.7 Å². The normalized spacial score (nSPS) is 17.6. The predicted molar refractivity (Wildman–Crippen MR) is 136 cm³/mol. The van der Waals surface area contributed by atoms with Crippen LogP contribution in [0, 0.1) is 12.8 Å². The van der Waals surface area contributed by atoms with Crippen LogP contribution in [0.25, 0.3) is 11.0 Å². The molecule has 0 saturated heterocycles. The van der Waals surface area contributed by atoms with Gasteiger partial charge in [0.2, 0.25) is 5.91 Å². The minimum Gasteiger partial charge on any atom is -0.496 e. The Hall–Kier alpha value is -4.34. The first-order valence-corrected chi connectivity index (χ1v) is 11.9. The van der Waals surface area contributed by atoms with Crippen LogP contribution < -0.4 is 21.1 Å². The molecule has 1 saturated carbocycles. The Kier molecular flexibility index (Phi) is 6.32. The number of rotatable bonds is 6. The Labute approximate surface area is 207 Å². The highest BCUT2D eigenvalue weighted by Gasteiger charge is 2.29. The number of aryl methyl sites for hydroxylation is 1. The van der Waals surface area contributed by atoms with Gasteiger partial charge in [0.15, 0.2) is 0 Å². The minimum absolute atomic E-state index is 0.0194. The van der Waals surface area contributed by atoms with E-state index in [0.29, 0.717) is 42.6 Å². The number of aromatic nitrogens is 4. The number of nitrogens with one attached hydrogen (secondary N) is 4. The number of ether oxygens (including phenoxy) is 1. The minimum atomic E-state index is -0.366. The maximum Gasteiger partial charge on any atom is 0.326 e. The molecule has 1 aliphatic rings. The van der Waals surface area contributed by atoms with E-state index in [4.69, 9.17) is 4.74 Å². The first kappa shape index (κ1) is 23.4. The lowest BCUT2D eigenvalue weighted by molar-refractivity contribution is -0.121. The lowest BCUT2D eigenvalue weighted by Crippen LogP contribution is -2.31. The third-order valence-corrected chi connectivity index (χ3v) is 6.84. The van der Waals surface area contributed by atoms with Crippen molar-refractivity contribution >= 4 is 34.2 Å². The molecule has 0 unspecified atom stereocenters.